The number of nitrogens with zero attached hydrogens (tertiary/aromatic N) is 2. The molecule has 1 heterocycles. The Morgan fingerprint density at radius 2 is 2.18 bits per heavy atom. The summed E-state index contributed by atoms with van der Waals surface area (Å²) in [5, 5.41) is 3.60. The Hall–Kier alpha value is -1.49. The Bertz CT molecular complexity index is 539. The third kappa shape index (κ3) is 2.61. The van der Waals surface area contributed by atoms with Gasteiger partial charge < -0.3 is 5.32 Å². The van der Waals surface area contributed by atoms with Gasteiger partial charge in [0.1, 0.15) is 5.52 Å². The van der Waals surface area contributed by atoms with Gasteiger partial charge in [0.2, 0.25) is 0 Å². The quantitative estimate of drug-likeness (QED) is 0.882. The standard InChI is InChI=1S/C12H12BrN3O/c1-8(7-13)16-12(17)9-3-2-4-10-11(9)15-6-5-14-10/h2-6,8H,7H2,1H3,(H,16,17). The largest absolute Gasteiger partial charge is 0.349 e. The summed E-state index contributed by atoms with van der Waals surface area (Å²) in [7, 11) is 0. The Morgan fingerprint density at radius 1 is 1.41 bits per heavy atom. The number of nitrogens with one attached hydrogen (secondary N) is 1. The number of hydrogen-bond donors (Lipinski definition) is 1. The molecule has 17 heavy (non-hydrogen) atoms. The van der Waals surface area contributed by atoms with Gasteiger partial charge in [0.05, 0.1) is 11.1 Å². The summed E-state index contributed by atoms with van der Waals surface area (Å²) in [6.45, 7) is 1.93. The van der Waals surface area contributed by atoms with Crippen LogP contribution in [0.3, 0.4) is 0 Å². The maximum atomic E-state index is 12.0. The minimum Gasteiger partial charge on any atom is -0.349 e. The van der Waals surface area contributed by atoms with Crippen LogP contribution in [0.15, 0.2) is 30.6 Å². The van der Waals surface area contributed by atoms with Crippen molar-refractivity contribution in [2.45, 2.75) is 13.0 Å². The van der Waals surface area contributed by atoms with Gasteiger partial charge in [-0.05, 0) is 19.1 Å². The molecule has 2 aromatic rings. The van der Waals surface area contributed by atoms with Crippen LogP contribution in [0.1, 0.15) is 17.3 Å². The van der Waals surface area contributed by atoms with Crippen LogP contribution in [0.5, 0.6) is 0 Å². The SMILES string of the molecule is CC(CBr)NC(=O)c1cccc2nccnc12. The minimum atomic E-state index is -0.122. The van der Waals surface area contributed by atoms with Crippen molar-refractivity contribution in [3.05, 3.63) is 36.2 Å². The number of fused-ring (bicyclic) bond motifs is 1. The van der Waals surface area contributed by atoms with Gasteiger partial charge in [-0.2, -0.15) is 0 Å². The second-order valence-electron chi connectivity index (χ2n) is 3.76. The van der Waals surface area contributed by atoms with Crippen molar-refractivity contribution in [3.8, 4) is 0 Å². The molecule has 1 amide bonds. The molecule has 1 aromatic heterocycles. The van der Waals surface area contributed by atoms with Crippen LogP contribution in [0.4, 0.5) is 0 Å². The molecule has 1 atom stereocenters. The molecule has 0 aliphatic heterocycles. The normalized spacial score (nSPS) is 12.4. The third-order valence-electron chi connectivity index (χ3n) is 2.35. The fourth-order valence-electron chi connectivity index (χ4n) is 1.52. The number of rotatable bonds is 3. The van der Waals surface area contributed by atoms with Gasteiger partial charge in [-0.15, -0.1) is 0 Å². The van der Waals surface area contributed by atoms with Gasteiger partial charge >= 0.3 is 0 Å². The van der Waals surface area contributed by atoms with E-state index in [1.165, 1.54) is 0 Å². The first-order valence-electron chi connectivity index (χ1n) is 5.29. The molecule has 0 spiro atoms. The molecule has 1 N–H and O–H groups in total. The van der Waals surface area contributed by atoms with Gasteiger partial charge in [-0.3, -0.25) is 14.8 Å². The van der Waals surface area contributed by atoms with E-state index in [0.29, 0.717) is 11.1 Å². The lowest BCUT2D eigenvalue weighted by Gasteiger charge is -2.11. The molecule has 1 aromatic carbocycles. The predicted octanol–water partition coefficient (Wildman–Crippen LogP) is 2.14. The van der Waals surface area contributed by atoms with Gasteiger partial charge in [-0.25, -0.2) is 0 Å². The highest BCUT2D eigenvalue weighted by Crippen LogP contribution is 2.13. The van der Waals surface area contributed by atoms with Crippen LogP contribution in [-0.2, 0) is 0 Å². The number of carbonyl (C=O) groups excluding carboxylic acids is 1. The van der Waals surface area contributed by atoms with Crippen LogP contribution in [0.25, 0.3) is 11.0 Å². The summed E-state index contributed by atoms with van der Waals surface area (Å²) in [4.78, 5) is 20.4. The number of amides is 1. The van der Waals surface area contributed by atoms with E-state index in [1.54, 1.807) is 18.5 Å². The number of alkyl halides is 1. The van der Waals surface area contributed by atoms with E-state index < -0.39 is 0 Å². The van der Waals surface area contributed by atoms with Gasteiger partial charge in [0.15, 0.2) is 0 Å². The first-order chi connectivity index (χ1) is 8.22. The molecule has 5 heteroatoms. The van der Waals surface area contributed by atoms with Gasteiger partial charge in [-0.1, -0.05) is 22.0 Å². The lowest BCUT2D eigenvalue weighted by molar-refractivity contribution is 0.0945. The van der Waals surface area contributed by atoms with Crippen LogP contribution in [0, 0.1) is 0 Å². The molecule has 0 fully saturated rings. The van der Waals surface area contributed by atoms with Crippen molar-refractivity contribution in [1.29, 1.82) is 0 Å². The number of halogens is 1. The summed E-state index contributed by atoms with van der Waals surface area (Å²) in [5.41, 5.74) is 1.92. The van der Waals surface area contributed by atoms with Crippen molar-refractivity contribution < 1.29 is 4.79 Å². The smallest absolute Gasteiger partial charge is 0.253 e. The van der Waals surface area contributed by atoms with E-state index in [0.717, 1.165) is 10.8 Å². The van der Waals surface area contributed by atoms with Crippen molar-refractivity contribution in [2.24, 2.45) is 0 Å². The van der Waals surface area contributed by atoms with Gasteiger partial charge in [0, 0.05) is 23.8 Å². The number of benzene rings is 1. The Labute approximate surface area is 108 Å². The van der Waals surface area contributed by atoms with E-state index in [4.69, 9.17) is 0 Å². The van der Waals surface area contributed by atoms with Gasteiger partial charge in [0.25, 0.3) is 5.91 Å². The summed E-state index contributed by atoms with van der Waals surface area (Å²) < 4.78 is 0. The summed E-state index contributed by atoms with van der Waals surface area (Å²) >= 11 is 3.32. The fourth-order valence-corrected chi connectivity index (χ4v) is 1.68. The van der Waals surface area contributed by atoms with E-state index in [1.807, 2.05) is 19.1 Å². The number of carbonyl (C=O) groups is 1. The Kier molecular flexibility index (Phi) is 3.68. The number of hydrogen-bond acceptors (Lipinski definition) is 3. The second-order valence-corrected chi connectivity index (χ2v) is 4.41. The molecular weight excluding hydrogens is 282 g/mol. The lowest BCUT2D eigenvalue weighted by atomic mass is 10.1. The fraction of sp³-hybridized carbons (Fsp3) is 0.250. The molecule has 0 aliphatic rings. The first-order valence-corrected chi connectivity index (χ1v) is 6.41. The monoisotopic (exact) mass is 293 g/mol. The molecular formula is C12H12BrN3O. The van der Waals surface area contributed by atoms with Crippen LogP contribution in [0.2, 0.25) is 0 Å². The zero-order valence-electron chi connectivity index (χ0n) is 9.35. The predicted molar refractivity (Wildman–Crippen MR) is 70.3 cm³/mol. The van der Waals surface area contributed by atoms with Crippen molar-refractivity contribution in [2.75, 3.05) is 5.33 Å². The molecule has 4 nitrogen and oxygen atoms in total. The Morgan fingerprint density at radius 3 is 2.94 bits per heavy atom. The van der Waals surface area contributed by atoms with Crippen molar-refractivity contribution >= 4 is 32.9 Å². The van der Waals surface area contributed by atoms with Crippen molar-refractivity contribution in [3.63, 3.8) is 0 Å². The van der Waals surface area contributed by atoms with Crippen LogP contribution in [-0.4, -0.2) is 27.2 Å². The van der Waals surface area contributed by atoms with Crippen molar-refractivity contribution in [1.82, 2.24) is 15.3 Å². The molecule has 0 bridgehead atoms. The molecule has 88 valence electrons. The molecule has 1 unspecified atom stereocenters. The van der Waals surface area contributed by atoms with E-state index in [9.17, 15) is 4.79 Å². The van der Waals surface area contributed by atoms with Crippen LogP contribution >= 0.6 is 15.9 Å². The van der Waals surface area contributed by atoms with E-state index in [2.05, 4.69) is 31.2 Å². The molecule has 2 rings (SSSR count). The topological polar surface area (TPSA) is 54.9 Å². The average molecular weight is 294 g/mol. The maximum Gasteiger partial charge on any atom is 0.253 e. The maximum absolute atomic E-state index is 12.0. The molecule has 0 saturated carbocycles. The zero-order chi connectivity index (χ0) is 12.3. The highest BCUT2D eigenvalue weighted by Gasteiger charge is 2.12. The Balaban J connectivity index is 2.38. The lowest BCUT2D eigenvalue weighted by Crippen LogP contribution is -2.33. The number of para-hydroxylation sites is 1. The molecule has 0 aliphatic carbocycles. The highest BCUT2D eigenvalue weighted by molar-refractivity contribution is 9.09. The highest BCUT2D eigenvalue weighted by atomic mass is 79.9. The molecule has 0 saturated heterocycles. The van der Waals surface area contributed by atoms with E-state index in [-0.39, 0.29) is 11.9 Å². The summed E-state index contributed by atoms with van der Waals surface area (Å²) in [6, 6.07) is 5.49. The summed E-state index contributed by atoms with van der Waals surface area (Å²) in [6.07, 6.45) is 3.21. The third-order valence-corrected chi connectivity index (χ3v) is 3.32. The van der Waals surface area contributed by atoms with E-state index >= 15 is 0 Å². The molecule has 0 radical (unpaired) electrons. The summed E-state index contributed by atoms with van der Waals surface area (Å²) in [5.74, 6) is -0.122. The average Bonchev–Trinajstić information content (AvgIpc) is 2.37. The minimum absolute atomic E-state index is 0.0782. The van der Waals surface area contributed by atoms with Crippen LogP contribution < -0.4 is 5.32 Å². The number of aromatic nitrogens is 2. The zero-order valence-corrected chi connectivity index (χ0v) is 10.9. The first kappa shape index (κ1) is 12.0. The second kappa shape index (κ2) is 5.23.